The van der Waals surface area contributed by atoms with Crippen LogP contribution in [0.2, 0.25) is 0 Å². The summed E-state index contributed by atoms with van der Waals surface area (Å²) in [6, 6.07) is 5.74. The van der Waals surface area contributed by atoms with Gasteiger partial charge in [0.25, 0.3) is 0 Å². The third kappa shape index (κ3) is 4.30. The zero-order valence-electron chi connectivity index (χ0n) is 11.8. The molecule has 0 fully saturated rings. The van der Waals surface area contributed by atoms with Gasteiger partial charge in [0, 0.05) is 6.04 Å². The molecule has 0 amide bonds. The summed E-state index contributed by atoms with van der Waals surface area (Å²) in [5.74, 6) is 0.667. The fourth-order valence-corrected chi connectivity index (χ4v) is 2.20. The van der Waals surface area contributed by atoms with Crippen molar-refractivity contribution in [3.63, 3.8) is 0 Å². The Bertz CT molecular complexity index is 366. The Hall–Kier alpha value is -1.09. The average molecular weight is 253 g/mol. The van der Waals surface area contributed by atoms with Gasteiger partial charge in [-0.15, -0.1) is 0 Å². The molecule has 102 valence electrons. The molecule has 2 nitrogen and oxygen atoms in total. The lowest BCUT2D eigenvalue weighted by atomic mass is 9.97. The van der Waals surface area contributed by atoms with Crippen molar-refractivity contribution in [2.75, 3.05) is 14.2 Å². The number of aryl methyl sites for hydroxylation is 1. The number of ether oxygens (including phenoxy) is 1. The van der Waals surface area contributed by atoms with Gasteiger partial charge < -0.3 is 10.1 Å². The zero-order valence-corrected chi connectivity index (χ0v) is 11.8. The minimum atomic E-state index is -0.274. The monoisotopic (exact) mass is 253 g/mol. The molecule has 0 saturated heterocycles. The molecule has 3 heteroatoms. The first-order chi connectivity index (χ1) is 8.58. The Morgan fingerprint density at radius 1 is 1.33 bits per heavy atom. The van der Waals surface area contributed by atoms with Crippen LogP contribution in [0.1, 0.15) is 32.3 Å². The number of rotatable bonds is 7. The number of hydrogen-bond acceptors (Lipinski definition) is 2. The number of benzene rings is 1. The molecule has 18 heavy (non-hydrogen) atoms. The second-order valence-electron chi connectivity index (χ2n) is 5.00. The maximum absolute atomic E-state index is 13.5. The maximum atomic E-state index is 13.5. The molecule has 1 aromatic rings. The fraction of sp³-hybridized carbons (Fsp3) is 0.600. The van der Waals surface area contributed by atoms with Crippen molar-refractivity contribution in [3.8, 4) is 5.75 Å². The van der Waals surface area contributed by atoms with Crippen molar-refractivity contribution >= 4 is 0 Å². The SMILES string of the molecule is CNC(CCCc1ccc(OC)c(F)c1)C(C)C. The fourth-order valence-electron chi connectivity index (χ4n) is 2.20. The highest BCUT2D eigenvalue weighted by Gasteiger charge is 2.10. The molecule has 1 rings (SSSR count). The second-order valence-corrected chi connectivity index (χ2v) is 5.00. The first kappa shape index (κ1) is 15.0. The van der Waals surface area contributed by atoms with Gasteiger partial charge >= 0.3 is 0 Å². The standard InChI is InChI=1S/C15H24FNO/c1-11(2)14(17-3)7-5-6-12-8-9-15(18-4)13(16)10-12/h8-11,14,17H,5-7H2,1-4H3. The van der Waals surface area contributed by atoms with Gasteiger partial charge in [0.05, 0.1) is 7.11 Å². The Labute approximate surface area is 110 Å². The number of halogens is 1. The molecule has 0 aromatic heterocycles. The molecular formula is C15H24FNO. The van der Waals surface area contributed by atoms with Crippen molar-refractivity contribution in [2.24, 2.45) is 5.92 Å². The quantitative estimate of drug-likeness (QED) is 0.804. The molecule has 0 radical (unpaired) electrons. The van der Waals surface area contributed by atoms with E-state index in [1.165, 1.54) is 7.11 Å². The van der Waals surface area contributed by atoms with Gasteiger partial charge in [0.2, 0.25) is 0 Å². The topological polar surface area (TPSA) is 21.3 Å². The van der Waals surface area contributed by atoms with Crippen LogP contribution in [0.3, 0.4) is 0 Å². The molecule has 0 spiro atoms. The molecule has 0 saturated carbocycles. The third-order valence-electron chi connectivity index (χ3n) is 3.37. The maximum Gasteiger partial charge on any atom is 0.165 e. The van der Waals surface area contributed by atoms with E-state index in [4.69, 9.17) is 4.74 Å². The number of nitrogens with one attached hydrogen (secondary N) is 1. The Morgan fingerprint density at radius 3 is 2.56 bits per heavy atom. The van der Waals surface area contributed by atoms with E-state index >= 15 is 0 Å². The van der Waals surface area contributed by atoms with Crippen molar-refractivity contribution in [3.05, 3.63) is 29.6 Å². The molecule has 0 aliphatic rings. The molecule has 1 unspecified atom stereocenters. The van der Waals surface area contributed by atoms with E-state index in [1.54, 1.807) is 12.1 Å². The molecule has 0 aliphatic heterocycles. The van der Waals surface area contributed by atoms with Crippen LogP contribution in [0.4, 0.5) is 4.39 Å². The largest absolute Gasteiger partial charge is 0.494 e. The summed E-state index contributed by atoms with van der Waals surface area (Å²) in [5, 5.41) is 3.32. The minimum absolute atomic E-state index is 0.274. The molecule has 1 atom stereocenters. The van der Waals surface area contributed by atoms with Gasteiger partial charge in [0.1, 0.15) is 0 Å². The van der Waals surface area contributed by atoms with Crippen molar-refractivity contribution in [1.29, 1.82) is 0 Å². The predicted molar refractivity (Wildman–Crippen MR) is 73.6 cm³/mol. The highest BCUT2D eigenvalue weighted by atomic mass is 19.1. The number of methoxy groups -OCH3 is 1. The van der Waals surface area contributed by atoms with E-state index in [1.807, 2.05) is 13.1 Å². The summed E-state index contributed by atoms with van der Waals surface area (Å²) in [6.07, 6.45) is 3.09. The van der Waals surface area contributed by atoms with Gasteiger partial charge in [0.15, 0.2) is 11.6 Å². The molecule has 0 aliphatic carbocycles. The van der Waals surface area contributed by atoms with Crippen LogP contribution >= 0.6 is 0 Å². The van der Waals surface area contributed by atoms with Crippen molar-refractivity contribution < 1.29 is 9.13 Å². The van der Waals surface area contributed by atoms with Crippen LogP contribution in [0.5, 0.6) is 5.75 Å². The van der Waals surface area contributed by atoms with Crippen LogP contribution in [0.15, 0.2) is 18.2 Å². The van der Waals surface area contributed by atoms with Gasteiger partial charge in [-0.3, -0.25) is 0 Å². The first-order valence-electron chi connectivity index (χ1n) is 6.58. The van der Waals surface area contributed by atoms with Crippen LogP contribution in [-0.4, -0.2) is 20.2 Å². The van der Waals surface area contributed by atoms with Crippen LogP contribution in [-0.2, 0) is 6.42 Å². The summed E-state index contributed by atoms with van der Waals surface area (Å²) >= 11 is 0. The van der Waals surface area contributed by atoms with E-state index in [-0.39, 0.29) is 5.82 Å². The third-order valence-corrected chi connectivity index (χ3v) is 3.37. The second kappa shape index (κ2) is 7.37. The summed E-state index contributed by atoms with van der Waals surface area (Å²) in [7, 11) is 3.48. The lowest BCUT2D eigenvalue weighted by Crippen LogP contribution is -2.30. The molecule has 0 bridgehead atoms. The lowest BCUT2D eigenvalue weighted by Gasteiger charge is -2.19. The van der Waals surface area contributed by atoms with Gasteiger partial charge in [-0.25, -0.2) is 4.39 Å². The van der Waals surface area contributed by atoms with E-state index in [2.05, 4.69) is 19.2 Å². The highest BCUT2D eigenvalue weighted by molar-refractivity contribution is 5.29. The smallest absolute Gasteiger partial charge is 0.165 e. The van der Waals surface area contributed by atoms with Crippen molar-refractivity contribution in [1.82, 2.24) is 5.32 Å². The Balaban J connectivity index is 2.46. The average Bonchev–Trinajstić information content (AvgIpc) is 2.34. The minimum Gasteiger partial charge on any atom is -0.494 e. The van der Waals surface area contributed by atoms with E-state index in [0.717, 1.165) is 24.8 Å². The lowest BCUT2D eigenvalue weighted by molar-refractivity contribution is 0.385. The Kier molecular flexibility index (Phi) is 6.13. The summed E-state index contributed by atoms with van der Waals surface area (Å²) < 4.78 is 18.4. The molecule has 1 aromatic carbocycles. The predicted octanol–water partition coefficient (Wildman–Crippen LogP) is 3.40. The zero-order chi connectivity index (χ0) is 13.5. The first-order valence-corrected chi connectivity index (χ1v) is 6.58. The normalized spacial score (nSPS) is 12.8. The summed E-state index contributed by atoms with van der Waals surface area (Å²) in [4.78, 5) is 0. The molecule has 0 heterocycles. The van der Waals surface area contributed by atoms with E-state index < -0.39 is 0 Å². The van der Waals surface area contributed by atoms with Gasteiger partial charge in [-0.1, -0.05) is 19.9 Å². The summed E-state index contributed by atoms with van der Waals surface area (Å²) in [5.41, 5.74) is 1.03. The van der Waals surface area contributed by atoms with Crippen molar-refractivity contribution in [2.45, 2.75) is 39.2 Å². The Morgan fingerprint density at radius 2 is 2.06 bits per heavy atom. The van der Waals surface area contributed by atoms with Crippen LogP contribution in [0, 0.1) is 11.7 Å². The van der Waals surface area contributed by atoms with Gasteiger partial charge in [-0.05, 0) is 49.9 Å². The molecule has 1 N–H and O–H groups in total. The highest BCUT2D eigenvalue weighted by Crippen LogP contribution is 2.19. The van der Waals surface area contributed by atoms with Gasteiger partial charge in [-0.2, -0.15) is 0 Å². The van der Waals surface area contributed by atoms with Crippen LogP contribution < -0.4 is 10.1 Å². The summed E-state index contributed by atoms with van der Waals surface area (Å²) in [6.45, 7) is 4.43. The molecular weight excluding hydrogens is 229 g/mol. The van der Waals surface area contributed by atoms with E-state index in [9.17, 15) is 4.39 Å². The number of hydrogen-bond donors (Lipinski definition) is 1. The van der Waals surface area contributed by atoms with Crippen LogP contribution in [0.25, 0.3) is 0 Å². The van der Waals surface area contributed by atoms with E-state index in [0.29, 0.717) is 17.7 Å².